The van der Waals surface area contributed by atoms with E-state index in [1.807, 2.05) is 43.3 Å². The number of aliphatic carboxylic acids is 1. The third-order valence-electron chi connectivity index (χ3n) is 3.31. The number of nitrogens with zero attached hydrogens (tertiary/aromatic N) is 2. The monoisotopic (exact) mass is 310 g/mol. The number of carboxylic acid groups (broad SMARTS) is 1. The maximum atomic E-state index is 10.7. The number of aryl methyl sites for hydroxylation is 1. The van der Waals surface area contributed by atoms with Crippen LogP contribution in [0.25, 0.3) is 21.8 Å². The minimum atomic E-state index is -0.822. The maximum Gasteiger partial charge on any atom is 0.307 e. The highest BCUT2D eigenvalue weighted by molar-refractivity contribution is 7.15. The number of rotatable bonds is 4. The van der Waals surface area contributed by atoms with Crippen LogP contribution in [0, 0.1) is 6.92 Å². The van der Waals surface area contributed by atoms with E-state index in [9.17, 15) is 4.79 Å². The van der Waals surface area contributed by atoms with E-state index in [1.165, 1.54) is 0 Å². The summed E-state index contributed by atoms with van der Waals surface area (Å²) in [6.07, 6.45) is 3.55. The molecule has 0 aliphatic rings. The van der Waals surface area contributed by atoms with E-state index in [2.05, 4.69) is 4.98 Å². The minimum Gasteiger partial charge on any atom is -0.481 e. The van der Waals surface area contributed by atoms with Gasteiger partial charge in [-0.1, -0.05) is 24.3 Å². The highest BCUT2D eigenvalue weighted by Crippen LogP contribution is 2.33. The van der Waals surface area contributed by atoms with Gasteiger partial charge in [-0.2, -0.15) is 0 Å². The van der Waals surface area contributed by atoms with Gasteiger partial charge < -0.3 is 5.11 Å². The number of hydrogen-bond donors (Lipinski definition) is 1. The van der Waals surface area contributed by atoms with E-state index in [4.69, 9.17) is 10.1 Å². The average molecular weight is 310 g/mol. The molecule has 0 unspecified atom stereocenters. The van der Waals surface area contributed by atoms with Gasteiger partial charge in [-0.15, -0.1) is 11.3 Å². The van der Waals surface area contributed by atoms with Crippen molar-refractivity contribution in [3.8, 4) is 21.8 Å². The van der Waals surface area contributed by atoms with E-state index in [1.54, 1.807) is 23.7 Å². The number of carbonyl (C=O) groups is 1. The lowest BCUT2D eigenvalue weighted by atomic mass is 10.1. The van der Waals surface area contributed by atoms with Crippen LogP contribution >= 0.6 is 11.3 Å². The molecular formula is C17H14N2O2S. The predicted molar refractivity (Wildman–Crippen MR) is 86.9 cm³/mol. The van der Waals surface area contributed by atoms with Crippen LogP contribution in [0.1, 0.15) is 10.4 Å². The highest BCUT2D eigenvalue weighted by atomic mass is 32.1. The molecule has 1 N–H and O–H groups in total. The number of aromatic nitrogens is 2. The van der Waals surface area contributed by atoms with Gasteiger partial charge in [0.15, 0.2) is 0 Å². The van der Waals surface area contributed by atoms with Gasteiger partial charge in [0.25, 0.3) is 0 Å². The molecule has 2 aromatic heterocycles. The van der Waals surface area contributed by atoms with Crippen LogP contribution in [0.2, 0.25) is 0 Å². The molecule has 0 saturated carbocycles. The summed E-state index contributed by atoms with van der Waals surface area (Å²) >= 11 is 1.64. The minimum absolute atomic E-state index is 0.0403. The molecule has 0 atom stereocenters. The van der Waals surface area contributed by atoms with Crippen molar-refractivity contribution in [2.75, 3.05) is 0 Å². The van der Waals surface area contributed by atoms with Gasteiger partial charge in [0.2, 0.25) is 0 Å². The van der Waals surface area contributed by atoms with Crippen molar-refractivity contribution >= 4 is 17.3 Å². The zero-order valence-electron chi connectivity index (χ0n) is 12.0. The standard InChI is InChI=1S/C17H14N2O2S/c1-11-16(13-4-2-12(3-5-13)10-15(20)21)19-17(22-11)14-6-8-18-9-7-14/h2-9H,10H2,1H3,(H,20,21). The second kappa shape index (κ2) is 6.07. The Balaban J connectivity index is 1.92. The highest BCUT2D eigenvalue weighted by Gasteiger charge is 2.11. The molecule has 1 aromatic carbocycles. The summed E-state index contributed by atoms with van der Waals surface area (Å²) in [5.74, 6) is -0.822. The number of carboxylic acids is 1. The van der Waals surface area contributed by atoms with E-state index >= 15 is 0 Å². The van der Waals surface area contributed by atoms with Crippen LogP contribution in [0.3, 0.4) is 0 Å². The van der Waals surface area contributed by atoms with Gasteiger partial charge in [0.05, 0.1) is 12.1 Å². The quantitative estimate of drug-likeness (QED) is 0.796. The van der Waals surface area contributed by atoms with Crippen molar-refractivity contribution in [1.82, 2.24) is 9.97 Å². The average Bonchev–Trinajstić information content (AvgIpc) is 2.90. The molecule has 0 bridgehead atoms. The molecule has 0 fully saturated rings. The molecule has 2 heterocycles. The maximum absolute atomic E-state index is 10.7. The second-order valence-electron chi connectivity index (χ2n) is 4.93. The van der Waals surface area contributed by atoms with Crippen LogP contribution in [0.5, 0.6) is 0 Å². The number of hydrogen-bond acceptors (Lipinski definition) is 4. The zero-order valence-corrected chi connectivity index (χ0v) is 12.8. The Morgan fingerprint density at radius 2 is 1.77 bits per heavy atom. The summed E-state index contributed by atoms with van der Waals surface area (Å²) in [5.41, 5.74) is 3.79. The first-order chi connectivity index (χ1) is 10.6. The third-order valence-corrected chi connectivity index (χ3v) is 4.33. The molecular weight excluding hydrogens is 296 g/mol. The van der Waals surface area contributed by atoms with Gasteiger partial charge in [-0.25, -0.2) is 4.98 Å². The van der Waals surface area contributed by atoms with Gasteiger partial charge in [-0.3, -0.25) is 9.78 Å². The Bertz CT molecular complexity index is 795. The lowest BCUT2D eigenvalue weighted by Crippen LogP contribution is -1.99. The molecule has 22 heavy (non-hydrogen) atoms. The van der Waals surface area contributed by atoms with E-state index in [0.29, 0.717) is 0 Å². The van der Waals surface area contributed by atoms with Crippen LogP contribution < -0.4 is 0 Å². The molecule has 0 aliphatic carbocycles. The third kappa shape index (κ3) is 3.04. The molecule has 3 aromatic rings. The van der Waals surface area contributed by atoms with Crippen molar-refractivity contribution in [3.05, 3.63) is 59.2 Å². The Labute approximate surface area is 132 Å². The van der Waals surface area contributed by atoms with Crippen LogP contribution in [0.15, 0.2) is 48.8 Å². The lowest BCUT2D eigenvalue weighted by molar-refractivity contribution is -0.136. The molecule has 0 amide bonds. The summed E-state index contributed by atoms with van der Waals surface area (Å²) in [5, 5.41) is 9.77. The first-order valence-corrected chi connectivity index (χ1v) is 7.64. The van der Waals surface area contributed by atoms with Gasteiger partial charge in [-0.05, 0) is 24.6 Å². The Morgan fingerprint density at radius 1 is 1.09 bits per heavy atom. The molecule has 4 nitrogen and oxygen atoms in total. The smallest absolute Gasteiger partial charge is 0.307 e. The van der Waals surface area contributed by atoms with E-state index < -0.39 is 5.97 Å². The van der Waals surface area contributed by atoms with Gasteiger partial charge >= 0.3 is 5.97 Å². The fourth-order valence-electron chi connectivity index (χ4n) is 2.24. The van der Waals surface area contributed by atoms with Gasteiger partial charge in [0, 0.05) is 28.4 Å². The predicted octanol–water partition coefficient (Wildman–Crippen LogP) is 3.81. The Morgan fingerprint density at radius 3 is 2.41 bits per heavy atom. The summed E-state index contributed by atoms with van der Waals surface area (Å²) in [6, 6.07) is 11.4. The van der Waals surface area contributed by atoms with Crippen molar-refractivity contribution < 1.29 is 9.90 Å². The largest absolute Gasteiger partial charge is 0.481 e. The molecule has 0 saturated heterocycles. The fourth-order valence-corrected chi connectivity index (χ4v) is 3.18. The fraction of sp³-hybridized carbons (Fsp3) is 0.118. The summed E-state index contributed by atoms with van der Waals surface area (Å²) < 4.78 is 0. The molecule has 0 aliphatic heterocycles. The van der Waals surface area contributed by atoms with Crippen molar-refractivity contribution in [1.29, 1.82) is 0 Å². The molecule has 3 rings (SSSR count). The number of thiazole rings is 1. The molecule has 0 spiro atoms. The first-order valence-electron chi connectivity index (χ1n) is 6.82. The van der Waals surface area contributed by atoms with E-state index in [0.717, 1.165) is 32.3 Å². The Hall–Kier alpha value is -2.53. The van der Waals surface area contributed by atoms with Crippen LogP contribution in [-0.4, -0.2) is 21.0 Å². The molecule has 110 valence electrons. The van der Waals surface area contributed by atoms with Crippen LogP contribution in [0.4, 0.5) is 0 Å². The number of pyridine rings is 1. The van der Waals surface area contributed by atoms with Crippen LogP contribution in [-0.2, 0) is 11.2 Å². The molecule has 0 radical (unpaired) electrons. The second-order valence-corrected chi connectivity index (χ2v) is 6.13. The van der Waals surface area contributed by atoms with Gasteiger partial charge in [0.1, 0.15) is 5.01 Å². The Kier molecular flexibility index (Phi) is 3.98. The van der Waals surface area contributed by atoms with Crippen molar-refractivity contribution in [3.63, 3.8) is 0 Å². The molecule has 5 heteroatoms. The SMILES string of the molecule is Cc1sc(-c2ccncc2)nc1-c1ccc(CC(=O)O)cc1. The normalized spacial score (nSPS) is 10.6. The van der Waals surface area contributed by atoms with Crippen molar-refractivity contribution in [2.45, 2.75) is 13.3 Å². The van der Waals surface area contributed by atoms with Crippen molar-refractivity contribution in [2.24, 2.45) is 0 Å². The summed E-state index contributed by atoms with van der Waals surface area (Å²) in [6.45, 7) is 2.04. The number of benzene rings is 1. The summed E-state index contributed by atoms with van der Waals surface area (Å²) in [4.78, 5) is 20.6. The lowest BCUT2D eigenvalue weighted by Gasteiger charge is -2.01. The summed E-state index contributed by atoms with van der Waals surface area (Å²) in [7, 11) is 0. The zero-order chi connectivity index (χ0) is 15.5. The first kappa shape index (κ1) is 14.4. The van der Waals surface area contributed by atoms with E-state index in [-0.39, 0.29) is 6.42 Å². The topological polar surface area (TPSA) is 63.1 Å².